The number of hydrogen-bond donors (Lipinski definition) is 1. The number of rotatable bonds is 1. The van der Waals surface area contributed by atoms with Gasteiger partial charge in [0.15, 0.2) is 0 Å². The van der Waals surface area contributed by atoms with Gasteiger partial charge in [0.1, 0.15) is 5.82 Å². The highest BCUT2D eigenvalue weighted by atomic mass is 35.5. The molecule has 0 spiro atoms. The van der Waals surface area contributed by atoms with E-state index in [9.17, 15) is 0 Å². The van der Waals surface area contributed by atoms with Crippen LogP contribution in [-0.4, -0.2) is 9.97 Å². The van der Waals surface area contributed by atoms with Crippen molar-refractivity contribution in [1.82, 2.24) is 9.97 Å². The average molecular weight is 312 g/mol. The van der Waals surface area contributed by atoms with Crippen molar-refractivity contribution in [2.45, 2.75) is 6.92 Å². The molecule has 96 valence electrons. The number of H-pyrrole nitrogens is 1. The highest BCUT2D eigenvalue weighted by molar-refractivity contribution is 6.42. The topological polar surface area (TPSA) is 28.7 Å². The lowest BCUT2D eigenvalue weighted by molar-refractivity contribution is 1.32. The molecule has 0 aliphatic rings. The van der Waals surface area contributed by atoms with E-state index in [1.54, 1.807) is 12.1 Å². The minimum Gasteiger partial charge on any atom is -0.338 e. The number of hydrogen-bond acceptors (Lipinski definition) is 1. The Morgan fingerprint density at radius 2 is 1.68 bits per heavy atom. The molecule has 0 unspecified atom stereocenters. The van der Waals surface area contributed by atoms with Gasteiger partial charge in [-0.25, -0.2) is 4.98 Å². The highest BCUT2D eigenvalue weighted by Gasteiger charge is 2.09. The lowest BCUT2D eigenvalue weighted by Crippen LogP contribution is -1.82. The summed E-state index contributed by atoms with van der Waals surface area (Å²) in [5.41, 5.74) is 3.63. The number of aromatic nitrogens is 2. The Kier molecular flexibility index (Phi) is 3.17. The van der Waals surface area contributed by atoms with Crippen molar-refractivity contribution < 1.29 is 0 Å². The first-order chi connectivity index (χ1) is 9.04. The number of nitrogens with one attached hydrogen (secondary N) is 1. The van der Waals surface area contributed by atoms with E-state index in [0.717, 1.165) is 33.0 Å². The van der Waals surface area contributed by atoms with Crippen LogP contribution in [0.15, 0.2) is 30.3 Å². The van der Waals surface area contributed by atoms with E-state index < -0.39 is 0 Å². The Morgan fingerprint density at radius 3 is 2.42 bits per heavy atom. The Balaban J connectivity index is 2.17. The van der Waals surface area contributed by atoms with Gasteiger partial charge in [0.05, 0.1) is 21.1 Å². The first kappa shape index (κ1) is 12.8. The van der Waals surface area contributed by atoms with E-state index in [4.69, 9.17) is 34.8 Å². The second-order valence-electron chi connectivity index (χ2n) is 4.33. The van der Waals surface area contributed by atoms with Crippen molar-refractivity contribution in [3.63, 3.8) is 0 Å². The summed E-state index contributed by atoms with van der Waals surface area (Å²) in [5, 5.41) is 1.75. The largest absolute Gasteiger partial charge is 0.338 e. The first-order valence-corrected chi connectivity index (χ1v) is 6.79. The molecule has 19 heavy (non-hydrogen) atoms. The van der Waals surface area contributed by atoms with Gasteiger partial charge < -0.3 is 4.98 Å². The monoisotopic (exact) mass is 310 g/mol. The zero-order chi connectivity index (χ0) is 13.6. The Bertz CT molecular complexity index is 739. The van der Waals surface area contributed by atoms with Gasteiger partial charge in [-0.05, 0) is 42.8 Å². The molecule has 0 bridgehead atoms. The van der Waals surface area contributed by atoms with Crippen LogP contribution >= 0.6 is 34.8 Å². The van der Waals surface area contributed by atoms with E-state index in [2.05, 4.69) is 9.97 Å². The second-order valence-corrected chi connectivity index (χ2v) is 5.55. The first-order valence-electron chi connectivity index (χ1n) is 5.66. The van der Waals surface area contributed by atoms with Gasteiger partial charge in [-0.3, -0.25) is 0 Å². The van der Waals surface area contributed by atoms with E-state index in [1.807, 2.05) is 25.1 Å². The van der Waals surface area contributed by atoms with Crippen LogP contribution in [0.4, 0.5) is 0 Å². The molecule has 1 aromatic heterocycles. The summed E-state index contributed by atoms with van der Waals surface area (Å²) in [6.07, 6.45) is 0. The molecule has 2 nitrogen and oxygen atoms in total. The maximum absolute atomic E-state index is 6.02. The zero-order valence-corrected chi connectivity index (χ0v) is 12.2. The fourth-order valence-corrected chi connectivity index (χ4v) is 2.37. The third-order valence-electron chi connectivity index (χ3n) is 2.96. The van der Waals surface area contributed by atoms with Gasteiger partial charge in [-0.1, -0.05) is 34.8 Å². The van der Waals surface area contributed by atoms with Gasteiger partial charge in [0.2, 0.25) is 0 Å². The maximum Gasteiger partial charge on any atom is 0.138 e. The molecule has 3 rings (SSSR count). The molecule has 1 heterocycles. The van der Waals surface area contributed by atoms with E-state index in [1.165, 1.54) is 0 Å². The number of halogens is 3. The summed E-state index contributed by atoms with van der Waals surface area (Å²) < 4.78 is 0. The van der Waals surface area contributed by atoms with Crippen molar-refractivity contribution in [1.29, 1.82) is 0 Å². The molecule has 1 N–H and O–H groups in total. The summed E-state index contributed by atoms with van der Waals surface area (Å²) in [6, 6.07) is 9.30. The van der Waals surface area contributed by atoms with Crippen molar-refractivity contribution >= 4 is 45.8 Å². The summed E-state index contributed by atoms with van der Waals surface area (Å²) in [6.45, 7) is 1.96. The molecule has 0 saturated heterocycles. The lowest BCUT2D eigenvalue weighted by Gasteiger charge is -2.00. The molecular formula is C14H9Cl3N2. The fourth-order valence-electron chi connectivity index (χ4n) is 1.93. The Labute approximate surface area is 125 Å². The molecule has 0 aliphatic carbocycles. The van der Waals surface area contributed by atoms with E-state index in [-0.39, 0.29) is 0 Å². The van der Waals surface area contributed by atoms with E-state index in [0.29, 0.717) is 10.0 Å². The second kappa shape index (κ2) is 4.71. The molecule has 0 fully saturated rings. The van der Waals surface area contributed by atoms with Crippen molar-refractivity contribution in [2.24, 2.45) is 0 Å². The zero-order valence-electron chi connectivity index (χ0n) is 9.97. The molecule has 0 atom stereocenters. The molecular weight excluding hydrogens is 303 g/mol. The van der Waals surface area contributed by atoms with Crippen LogP contribution < -0.4 is 0 Å². The summed E-state index contributed by atoms with van der Waals surface area (Å²) >= 11 is 18.0. The summed E-state index contributed by atoms with van der Waals surface area (Å²) in [4.78, 5) is 7.74. The minimum absolute atomic E-state index is 0.500. The number of benzene rings is 2. The van der Waals surface area contributed by atoms with Gasteiger partial charge in [0.25, 0.3) is 0 Å². The number of nitrogens with zero attached hydrogens (tertiary/aromatic N) is 1. The van der Waals surface area contributed by atoms with Gasteiger partial charge in [-0.2, -0.15) is 0 Å². The Morgan fingerprint density at radius 1 is 0.947 bits per heavy atom. The molecule has 2 aromatic carbocycles. The van der Waals surface area contributed by atoms with Crippen LogP contribution in [0, 0.1) is 6.92 Å². The highest BCUT2D eigenvalue weighted by Crippen LogP contribution is 2.29. The van der Waals surface area contributed by atoms with Gasteiger partial charge in [0, 0.05) is 10.6 Å². The van der Waals surface area contributed by atoms with Crippen LogP contribution in [0.5, 0.6) is 0 Å². The number of aromatic amines is 1. The van der Waals surface area contributed by atoms with Crippen molar-refractivity contribution in [3.8, 4) is 11.4 Å². The molecule has 0 aliphatic heterocycles. The summed E-state index contributed by atoms with van der Waals surface area (Å²) in [5.74, 6) is 0.771. The predicted molar refractivity (Wildman–Crippen MR) is 81.3 cm³/mol. The smallest absolute Gasteiger partial charge is 0.138 e. The van der Waals surface area contributed by atoms with Crippen LogP contribution in [0.3, 0.4) is 0 Å². The molecule has 0 saturated carbocycles. The van der Waals surface area contributed by atoms with Crippen LogP contribution in [0.1, 0.15) is 5.56 Å². The normalized spacial score (nSPS) is 11.2. The van der Waals surface area contributed by atoms with Crippen molar-refractivity contribution in [2.75, 3.05) is 0 Å². The average Bonchev–Trinajstić information content (AvgIpc) is 2.76. The lowest BCUT2D eigenvalue weighted by atomic mass is 10.1. The quantitative estimate of drug-likeness (QED) is 0.631. The van der Waals surface area contributed by atoms with E-state index >= 15 is 0 Å². The minimum atomic E-state index is 0.500. The predicted octanol–water partition coefficient (Wildman–Crippen LogP) is 5.50. The number of fused-ring (bicyclic) bond motifs is 1. The summed E-state index contributed by atoms with van der Waals surface area (Å²) in [7, 11) is 0. The molecule has 0 radical (unpaired) electrons. The molecule has 3 aromatic rings. The van der Waals surface area contributed by atoms with Crippen LogP contribution in [-0.2, 0) is 0 Å². The number of aryl methyl sites for hydroxylation is 1. The van der Waals surface area contributed by atoms with Crippen LogP contribution in [0.25, 0.3) is 22.4 Å². The van der Waals surface area contributed by atoms with Gasteiger partial charge in [-0.15, -0.1) is 0 Å². The van der Waals surface area contributed by atoms with Crippen LogP contribution in [0.2, 0.25) is 15.1 Å². The maximum atomic E-state index is 6.02. The SMILES string of the molecule is Cc1cc(-c2nc3cc(Cl)c(Cl)cc3[nH]2)ccc1Cl. The molecule has 5 heteroatoms. The number of imidazole rings is 1. The Hall–Kier alpha value is -1.22. The third-order valence-corrected chi connectivity index (χ3v) is 4.10. The van der Waals surface area contributed by atoms with Gasteiger partial charge >= 0.3 is 0 Å². The standard InChI is InChI=1S/C14H9Cl3N2/c1-7-4-8(2-3-9(7)15)14-18-12-5-10(16)11(17)6-13(12)19-14/h2-6H,1H3,(H,18,19). The third kappa shape index (κ3) is 2.32. The van der Waals surface area contributed by atoms with Crippen molar-refractivity contribution in [3.05, 3.63) is 51.0 Å². The molecule has 0 amide bonds. The fraction of sp³-hybridized carbons (Fsp3) is 0.0714.